The highest BCUT2D eigenvalue weighted by atomic mass is 35.5. The van der Waals surface area contributed by atoms with E-state index in [2.05, 4.69) is 31.1 Å². The lowest BCUT2D eigenvalue weighted by Gasteiger charge is -2.55. The summed E-state index contributed by atoms with van der Waals surface area (Å²) in [6, 6.07) is 6.29. The number of aliphatic hydroxyl groups is 1. The molecule has 0 unspecified atom stereocenters. The summed E-state index contributed by atoms with van der Waals surface area (Å²) in [6.45, 7) is 1.01. The molecule has 1 N–H and O–H groups in total. The Bertz CT molecular complexity index is 530. The highest BCUT2D eigenvalue weighted by molar-refractivity contribution is 6.30. The molecule has 0 spiro atoms. The van der Waals surface area contributed by atoms with Crippen molar-refractivity contribution in [3.8, 4) is 0 Å². The number of benzene rings is 1. The summed E-state index contributed by atoms with van der Waals surface area (Å²) in [5, 5.41) is 12.2. The monoisotopic (exact) mass is 307 g/mol. The third-order valence-electron chi connectivity index (χ3n) is 5.72. The summed E-state index contributed by atoms with van der Waals surface area (Å²) in [6.07, 6.45) is 7.28. The van der Waals surface area contributed by atoms with Crippen molar-refractivity contribution >= 4 is 11.6 Å². The van der Waals surface area contributed by atoms with E-state index in [1.165, 1.54) is 17.5 Å². The second-order valence-electron chi connectivity index (χ2n) is 7.18. The SMILES string of the molecule is CN(C)CC[C@]12CCCC[C@@]1(O)CCc1ccc(Cl)cc12. The fraction of sp³-hybridized carbons (Fsp3) is 0.667. The van der Waals surface area contributed by atoms with Crippen molar-refractivity contribution in [1.29, 1.82) is 0 Å². The highest BCUT2D eigenvalue weighted by Crippen LogP contribution is 2.55. The third-order valence-corrected chi connectivity index (χ3v) is 5.95. The van der Waals surface area contributed by atoms with Gasteiger partial charge in [-0.05, 0) is 76.0 Å². The van der Waals surface area contributed by atoms with E-state index in [4.69, 9.17) is 11.6 Å². The first-order chi connectivity index (χ1) is 9.97. The summed E-state index contributed by atoms with van der Waals surface area (Å²) in [7, 11) is 4.22. The van der Waals surface area contributed by atoms with Crippen LogP contribution in [0.15, 0.2) is 18.2 Å². The van der Waals surface area contributed by atoms with E-state index in [1.807, 2.05) is 6.07 Å². The minimum absolute atomic E-state index is 0.103. The van der Waals surface area contributed by atoms with E-state index in [-0.39, 0.29) is 5.41 Å². The molecule has 2 aliphatic carbocycles. The van der Waals surface area contributed by atoms with Gasteiger partial charge in [-0.15, -0.1) is 0 Å². The number of fused-ring (bicyclic) bond motifs is 3. The number of hydrogen-bond donors (Lipinski definition) is 1. The molecule has 1 aromatic rings. The quantitative estimate of drug-likeness (QED) is 0.918. The first-order valence-electron chi connectivity index (χ1n) is 8.13. The molecule has 0 aliphatic heterocycles. The molecule has 1 saturated carbocycles. The van der Waals surface area contributed by atoms with Crippen LogP contribution in [0.4, 0.5) is 0 Å². The van der Waals surface area contributed by atoms with Gasteiger partial charge in [0.25, 0.3) is 0 Å². The van der Waals surface area contributed by atoms with Gasteiger partial charge in [0.15, 0.2) is 0 Å². The second kappa shape index (κ2) is 5.57. The number of nitrogens with zero attached hydrogens (tertiary/aromatic N) is 1. The zero-order valence-electron chi connectivity index (χ0n) is 13.2. The molecule has 1 fully saturated rings. The van der Waals surface area contributed by atoms with Crippen LogP contribution in [0, 0.1) is 0 Å². The zero-order chi connectivity index (χ0) is 15.1. The van der Waals surface area contributed by atoms with E-state index in [9.17, 15) is 5.11 Å². The molecule has 2 aliphatic rings. The maximum atomic E-state index is 11.4. The normalized spacial score (nSPS) is 31.9. The van der Waals surface area contributed by atoms with Gasteiger partial charge in [0, 0.05) is 10.4 Å². The fourth-order valence-corrected chi connectivity index (χ4v) is 4.70. The molecule has 0 saturated heterocycles. The van der Waals surface area contributed by atoms with Gasteiger partial charge in [0.2, 0.25) is 0 Å². The van der Waals surface area contributed by atoms with Crippen LogP contribution in [0.25, 0.3) is 0 Å². The van der Waals surface area contributed by atoms with Gasteiger partial charge in [0.1, 0.15) is 0 Å². The van der Waals surface area contributed by atoms with Crippen molar-refractivity contribution in [2.24, 2.45) is 0 Å². The number of halogens is 1. The van der Waals surface area contributed by atoms with Crippen LogP contribution < -0.4 is 0 Å². The molecule has 3 rings (SSSR count). The minimum atomic E-state index is -0.543. The van der Waals surface area contributed by atoms with E-state index < -0.39 is 5.60 Å². The van der Waals surface area contributed by atoms with E-state index in [0.29, 0.717) is 0 Å². The molecule has 3 heteroatoms. The molecule has 116 valence electrons. The highest BCUT2D eigenvalue weighted by Gasteiger charge is 2.54. The molecule has 0 bridgehead atoms. The summed E-state index contributed by atoms with van der Waals surface area (Å²) in [5.41, 5.74) is 2.07. The Morgan fingerprint density at radius 1 is 1.19 bits per heavy atom. The van der Waals surface area contributed by atoms with Crippen molar-refractivity contribution < 1.29 is 5.11 Å². The standard InChI is InChI=1S/C18H26ClNO/c1-20(2)12-11-17-8-3-4-9-18(17,21)10-7-14-5-6-15(19)13-16(14)17/h5-6,13,21H,3-4,7-12H2,1-2H3/t17-,18+/m0/s1. The van der Waals surface area contributed by atoms with Gasteiger partial charge < -0.3 is 10.0 Å². The zero-order valence-corrected chi connectivity index (χ0v) is 13.9. The molecule has 0 heterocycles. The molecule has 21 heavy (non-hydrogen) atoms. The first kappa shape index (κ1) is 15.3. The Morgan fingerprint density at radius 3 is 2.71 bits per heavy atom. The Labute approximate surface area is 133 Å². The topological polar surface area (TPSA) is 23.5 Å². The van der Waals surface area contributed by atoms with Crippen molar-refractivity contribution in [3.05, 3.63) is 34.3 Å². The van der Waals surface area contributed by atoms with Gasteiger partial charge in [-0.3, -0.25) is 0 Å². The first-order valence-corrected chi connectivity index (χ1v) is 8.51. The molecule has 2 nitrogen and oxygen atoms in total. The van der Waals surface area contributed by atoms with Crippen LogP contribution >= 0.6 is 11.6 Å². The Kier molecular flexibility index (Phi) is 4.06. The second-order valence-corrected chi connectivity index (χ2v) is 7.61. The van der Waals surface area contributed by atoms with Crippen LogP contribution in [0.1, 0.15) is 49.7 Å². The van der Waals surface area contributed by atoms with Crippen molar-refractivity contribution in [1.82, 2.24) is 4.90 Å². The molecule has 0 amide bonds. The molecular formula is C18H26ClNO. The van der Waals surface area contributed by atoms with Crippen LogP contribution in [-0.4, -0.2) is 36.2 Å². The Hall–Kier alpha value is -0.570. The molecule has 0 radical (unpaired) electrons. The van der Waals surface area contributed by atoms with Crippen LogP contribution in [0.3, 0.4) is 0 Å². The number of aryl methyl sites for hydroxylation is 1. The van der Waals surface area contributed by atoms with Crippen molar-refractivity contribution in [2.75, 3.05) is 20.6 Å². The molecular weight excluding hydrogens is 282 g/mol. The lowest BCUT2D eigenvalue weighted by Crippen LogP contribution is -2.57. The molecule has 0 aromatic heterocycles. The number of rotatable bonds is 3. The third kappa shape index (κ3) is 2.52. The van der Waals surface area contributed by atoms with E-state index in [0.717, 1.165) is 50.1 Å². The maximum absolute atomic E-state index is 11.4. The van der Waals surface area contributed by atoms with Crippen molar-refractivity contribution in [2.45, 2.75) is 56.0 Å². The minimum Gasteiger partial charge on any atom is -0.389 e. The smallest absolute Gasteiger partial charge is 0.0747 e. The van der Waals surface area contributed by atoms with E-state index >= 15 is 0 Å². The average Bonchev–Trinajstić information content (AvgIpc) is 2.45. The molecule has 2 atom stereocenters. The predicted molar refractivity (Wildman–Crippen MR) is 88.0 cm³/mol. The summed E-state index contributed by atoms with van der Waals surface area (Å²) in [5.74, 6) is 0. The van der Waals surface area contributed by atoms with Gasteiger partial charge in [0.05, 0.1) is 5.60 Å². The fourth-order valence-electron chi connectivity index (χ4n) is 4.53. The maximum Gasteiger partial charge on any atom is 0.0747 e. The largest absolute Gasteiger partial charge is 0.389 e. The lowest BCUT2D eigenvalue weighted by molar-refractivity contribution is -0.0887. The number of hydrogen-bond acceptors (Lipinski definition) is 2. The molecule has 1 aromatic carbocycles. The summed E-state index contributed by atoms with van der Waals surface area (Å²) in [4.78, 5) is 2.22. The predicted octanol–water partition coefficient (Wildman–Crippen LogP) is 3.78. The van der Waals surface area contributed by atoms with E-state index in [1.54, 1.807) is 0 Å². The average molecular weight is 308 g/mol. The lowest BCUT2D eigenvalue weighted by atomic mass is 9.53. The van der Waals surface area contributed by atoms with Gasteiger partial charge >= 0.3 is 0 Å². The van der Waals surface area contributed by atoms with Gasteiger partial charge in [-0.25, -0.2) is 0 Å². The Morgan fingerprint density at radius 2 is 1.95 bits per heavy atom. The Balaban J connectivity index is 2.09. The van der Waals surface area contributed by atoms with Crippen LogP contribution in [0.2, 0.25) is 5.02 Å². The van der Waals surface area contributed by atoms with Gasteiger partial charge in [-0.2, -0.15) is 0 Å². The summed E-state index contributed by atoms with van der Waals surface area (Å²) < 4.78 is 0. The van der Waals surface area contributed by atoms with Gasteiger partial charge in [-0.1, -0.05) is 30.5 Å². The summed E-state index contributed by atoms with van der Waals surface area (Å²) >= 11 is 6.29. The van der Waals surface area contributed by atoms with Crippen molar-refractivity contribution in [3.63, 3.8) is 0 Å². The van der Waals surface area contributed by atoms with Crippen LogP contribution in [-0.2, 0) is 11.8 Å². The van der Waals surface area contributed by atoms with Crippen LogP contribution in [0.5, 0.6) is 0 Å².